The molecule has 1 fully saturated rings. The van der Waals surface area contributed by atoms with Crippen molar-refractivity contribution in [2.75, 3.05) is 36.8 Å². The van der Waals surface area contributed by atoms with Crippen LogP contribution in [-0.2, 0) is 17.5 Å². The van der Waals surface area contributed by atoms with Crippen LogP contribution in [0.15, 0.2) is 53.7 Å². The van der Waals surface area contributed by atoms with Crippen molar-refractivity contribution in [2.45, 2.75) is 24.8 Å². The van der Waals surface area contributed by atoms with Gasteiger partial charge < -0.3 is 14.4 Å². The lowest BCUT2D eigenvalue weighted by Crippen LogP contribution is -2.49. The van der Waals surface area contributed by atoms with E-state index in [2.05, 4.69) is 21.7 Å². The van der Waals surface area contributed by atoms with E-state index in [0.717, 1.165) is 35.5 Å². The second-order valence-electron chi connectivity index (χ2n) is 8.06. The molecule has 0 radical (unpaired) electrons. The summed E-state index contributed by atoms with van der Waals surface area (Å²) in [5.74, 6) is 0.939. The van der Waals surface area contributed by atoms with E-state index < -0.39 is 11.7 Å². The molecule has 0 atom stereocenters. The van der Waals surface area contributed by atoms with Crippen molar-refractivity contribution >= 4 is 40.2 Å². The maximum atomic E-state index is 13.0. The first-order valence-corrected chi connectivity index (χ1v) is 12.0. The molecule has 0 N–H and O–H groups in total. The maximum absolute atomic E-state index is 13.0. The van der Waals surface area contributed by atoms with Crippen molar-refractivity contribution in [3.05, 3.63) is 54.1 Å². The number of carbonyl (C=O) groups excluding carboxylic acids is 1. The van der Waals surface area contributed by atoms with Gasteiger partial charge in [0, 0.05) is 38.4 Å². The Morgan fingerprint density at radius 2 is 1.74 bits per heavy atom. The number of nitrogens with zero attached hydrogens (tertiary/aromatic N) is 6. The minimum atomic E-state index is -4.37. The Morgan fingerprint density at radius 3 is 2.44 bits per heavy atom. The number of amides is 1. The Morgan fingerprint density at radius 1 is 1.00 bits per heavy atom. The Balaban J connectivity index is 1.24. The van der Waals surface area contributed by atoms with Crippen LogP contribution >= 0.6 is 11.8 Å². The van der Waals surface area contributed by atoms with Gasteiger partial charge in [-0.1, -0.05) is 30.0 Å². The van der Waals surface area contributed by atoms with E-state index >= 15 is 0 Å². The highest BCUT2D eigenvalue weighted by molar-refractivity contribution is 7.99. The molecule has 0 bridgehead atoms. The van der Waals surface area contributed by atoms with E-state index in [0.29, 0.717) is 37.0 Å². The van der Waals surface area contributed by atoms with Crippen molar-refractivity contribution in [3.63, 3.8) is 0 Å². The third-order valence-corrected chi connectivity index (χ3v) is 7.00. The quantitative estimate of drug-likeness (QED) is 0.395. The first-order valence-electron chi connectivity index (χ1n) is 11.0. The van der Waals surface area contributed by atoms with E-state index in [-0.39, 0.29) is 11.7 Å². The van der Waals surface area contributed by atoms with Crippen molar-refractivity contribution in [1.29, 1.82) is 0 Å². The number of fused-ring (bicyclic) bond motifs is 3. The third-order valence-electron chi connectivity index (χ3n) is 6.08. The number of halogens is 3. The number of piperazine rings is 1. The zero-order valence-electron chi connectivity index (χ0n) is 18.5. The van der Waals surface area contributed by atoms with E-state index in [1.807, 2.05) is 33.6 Å². The Hall–Kier alpha value is -3.21. The lowest BCUT2D eigenvalue weighted by atomic mass is 10.1. The highest BCUT2D eigenvalue weighted by atomic mass is 32.2. The molecule has 1 aliphatic rings. The number of benzene rings is 2. The molecule has 0 saturated carbocycles. The number of anilines is 1. The van der Waals surface area contributed by atoms with E-state index in [1.54, 1.807) is 11.0 Å². The van der Waals surface area contributed by atoms with Crippen molar-refractivity contribution in [3.8, 4) is 0 Å². The number of para-hydroxylation sites is 2. The average Bonchev–Trinajstić information content (AvgIpc) is 3.40. The summed E-state index contributed by atoms with van der Waals surface area (Å²) in [6, 6.07) is 13.3. The van der Waals surface area contributed by atoms with Crippen LogP contribution < -0.4 is 4.90 Å². The summed E-state index contributed by atoms with van der Waals surface area (Å²) < 4.78 is 43.1. The molecule has 1 amide bonds. The highest BCUT2D eigenvalue weighted by Gasteiger charge is 2.31. The van der Waals surface area contributed by atoms with Gasteiger partial charge >= 0.3 is 6.18 Å². The minimum Gasteiger partial charge on any atom is -0.368 e. The molecule has 0 aliphatic carbocycles. The first-order chi connectivity index (χ1) is 16.4. The van der Waals surface area contributed by atoms with E-state index in [4.69, 9.17) is 0 Å². The van der Waals surface area contributed by atoms with Crippen LogP contribution in [0.5, 0.6) is 0 Å². The van der Waals surface area contributed by atoms with Gasteiger partial charge in [0.1, 0.15) is 0 Å². The van der Waals surface area contributed by atoms with Gasteiger partial charge in [0.15, 0.2) is 5.16 Å². The first kappa shape index (κ1) is 22.6. The van der Waals surface area contributed by atoms with Gasteiger partial charge in [-0.2, -0.15) is 13.2 Å². The molecule has 5 rings (SSSR count). The van der Waals surface area contributed by atoms with E-state index in [1.165, 1.54) is 17.8 Å². The molecule has 7 nitrogen and oxygen atoms in total. The monoisotopic (exact) mass is 488 g/mol. The van der Waals surface area contributed by atoms with Crippen LogP contribution in [0, 0.1) is 0 Å². The summed E-state index contributed by atoms with van der Waals surface area (Å²) in [6.45, 7) is 4.69. The number of hydrogen-bond donors (Lipinski definition) is 0. The van der Waals surface area contributed by atoms with Crippen LogP contribution in [0.4, 0.5) is 18.9 Å². The molecule has 0 spiro atoms. The standard InChI is InChI=1S/C23H23F3N6OS/c1-2-31-18-8-3-4-9-19(18)32-21(31)27-28-22(32)34-15-20(33)30-12-10-29(11-13-30)17-7-5-6-16(14-17)23(24,25)26/h3-9,14H,2,10-13,15H2,1H3. The van der Waals surface area contributed by atoms with Crippen LogP contribution in [0.1, 0.15) is 12.5 Å². The molecule has 11 heteroatoms. The fourth-order valence-corrected chi connectivity index (χ4v) is 5.20. The molecule has 0 unspecified atom stereocenters. The van der Waals surface area contributed by atoms with Gasteiger partial charge in [-0.15, -0.1) is 10.2 Å². The summed E-state index contributed by atoms with van der Waals surface area (Å²) >= 11 is 1.35. The Kier molecular flexibility index (Phi) is 5.88. The number of imidazole rings is 1. The summed E-state index contributed by atoms with van der Waals surface area (Å²) in [4.78, 5) is 16.5. The topological polar surface area (TPSA) is 58.7 Å². The predicted molar refractivity (Wildman–Crippen MR) is 125 cm³/mol. The molecule has 1 aliphatic heterocycles. The smallest absolute Gasteiger partial charge is 0.368 e. The fourth-order valence-electron chi connectivity index (χ4n) is 4.35. The average molecular weight is 489 g/mol. The van der Waals surface area contributed by atoms with Gasteiger partial charge in [-0.3, -0.25) is 9.20 Å². The van der Waals surface area contributed by atoms with E-state index in [9.17, 15) is 18.0 Å². The van der Waals surface area contributed by atoms with Crippen molar-refractivity contribution < 1.29 is 18.0 Å². The fraction of sp³-hybridized carbons (Fsp3) is 0.348. The number of alkyl halides is 3. The zero-order valence-corrected chi connectivity index (χ0v) is 19.3. The zero-order chi connectivity index (χ0) is 23.9. The lowest BCUT2D eigenvalue weighted by Gasteiger charge is -2.36. The second kappa shape index (κ2) is 8.86. The summed E-state index contributed by atoms with van der Waals surface area (Å²) in [6.07, 6.45) is -4.37. The van der Waals surface area contributed by atoms with Crippen molar-refractivity contribution in [1.82, 2.24) is 24.1 Å². The van der Waals surface area contributed by atoms with Crippen LogP contribution in [-0.4, -0.2) is 61.9 Å². The van der Waals surface area contributed by atoms with Gasteiger partial charge in [0.2, 0.25) is 11.7 Å². The van der Waals surface area contributed by atoms with Crippen molar-refractivity contribution in [2.24, 2.45) is 0 Å². The number of aryl methyl sites for hydroxylation is 1. The Bertz CT molecular complexity index is 1340. The molecule has 34 heavy (non-hydrogen) atoms. The highest BCUT2D eigenvalue weighted by Crippen LogP contribution is 2.32. The minimum absolute atomic E-state index is 0.0235. The number of rotatable bonds is 5. The molecule has 178 valence electrons. The summed E-state index contributed by atoms with van der Waals surface area (Å²) in [5.41, 5.74) is 1.92. The number of hydrogen-bond acceptors (Lipinski definition) is 5. The Labute approximate surface area is 198 Å². The van der Waals surface area contributed by atoms with Gasteiger partial charge in [0.05, 0.1) is 22.3 Å². The second-order valence-corrected chi connectivity index (χ2v) is 9.00. The SMILES string of the molecule is CCn1c2ccccc2n2c(SCC(=O)N3CCN(c4cccc(C(F)(F)F)c4)CC3)nnc12. The van der Waals surface area contributed by atoms with Gasteiger partial charge in [-0.25, -0.2) is 0 Å². The van der Waals surface area contributed by atoms with Crippen LogP contribution in [0.25, 0.3) is 16.8 Å². The lowest BCUT2D eigenvalue weighted by molar-refractivity contribution is -0.137. The molecular weight excluding hydrogens is 465 g/mol. The molecule has 1 saturated heterocycles. The number of thioether (sulfide) groups is 1. The van der Waals surface area contributed by atoms with Gasteiger partial charge in [0.25, 0.3) is 0 Å². The maximum Gasteiger partial charge on any atom is 0.416 e. The molecule has 4 aromatic rings. The number of carbonyl (C=O) groups is 1. The third kappa shape index (κ3) is 4.08. The van der Waals surface area contributed by atoms with Gasteiger partial charge in [-0.05, 0) is 37.3 Å². The van der Waals surface area contributed by atoms with Crippen LogP contribution in [0.2, 0.25) is 0 Å². The summed E-state index contributed by atoms with van der Waals surface area (Å²) in [5, 5.41) is 9.28. The molecule has 2 aromatic carbocycles. The summed E-state index contributed by atoms with van der Waals surface area (Å²) in [7, 11) is 0. The largest absolute Gasteiger partial charge is 0.416 e. The normalized spacial score (nSPS) is 14.9. The molecule has 3 heterocycles. The predicted octanol–water partition coefficient (Wildman–Crippen LogP) is 4.16. The number of aromatic nitrogens is 4. The molecule has 2 aromatic heterocycles. The molecular formula is C23H23F3N6OS. The van der Waals surface area contributed by atoms with Crippen LogP contribution in [0.3, 0.4) is 0 Å².